The Morgan fingerprint density at radius 2 is 2.12 bits per heavy atom. The molecule has 1 atom stereocenters. The average Bonchev–Trinajstić information content (AvgIpc) is 3.04. The molecule has 1 aliphatic rings. The second-order valence-electron chi connectivity index (χ2n) is 5.99. The second kappa shape index (κ2) is 7.29. The van der Waals surface area contributed by atoms with Crippen molar-refractivity contribution in [2.24, 2.45) is 0 Å². The fraction of sp³-hybridized carbons (Fsp3) is 0.562. The van der Waals surface area contributed by atoms with Gasteiger partial charge in [-0.3, -0.25) is 9.88 Å². The van der Waals surface area contributed by atoms with Gasteiger partial charge in [0.05, 0.1) is 6.54 Å². The fourth-order valence-corrected chi connectivity index (χ4v) is 3.06. The van der Waals surface area contributed by atoms with Crippen LogP contribution >= 0.6 is 0 Å². The van der Waals surface area contributed by atoms with Crippen LogP contribution < -0.4 is 0 Å². The molecule has 24 heavy (non-hydrogen) atoms. The zero-order valence-corrected chi connectivity index (χ0v) is 13.2. The highest BCUT2D eigenvalue weighted by Crippen LogP contribution is 2.27. The number of hydrogen-bond acceptors (Lipinski definition) is 5. The van der Waals surface area contributed by atoms with Crippen LogP contribution in [0.25, 0.3) is 0 Å². The van der Waals surface area contributed by atoms with E-state index < -0.39 is 12.0 Å². The van der Waals surface area contributed by atoms with Gasteiger partial charge in [0.2, 0.25) is 5.89 Å². The average molecular weight is 340 g/mol. The van der Waals surface area contributed by atoms with Gasteiger partial charge in [-0.2, -0.15) is 18.2 Å². The van der Waals surface area contributed by atoms with E-state index in [1.807, 2.05) is 18.2 Å². The summed E-state index contributed by atoms with van der Waals surface area (Å²) in [7, 11) is 0. The van der Waals surface area contributed by atoms with Crippen molar-refractivity contribution in [1.29, 1.82) is 0 Å². The lowest BCUT2D eigenvalue weighted by molar-refractivity contribution is -0.146. The standard InChI is InChI=1S/C16H19F3N4O/c17-16(18,19)15-21-14(24-22-15)11-23-10-4-2-6-13(23)8-7-12-5-1-3-9-20-12/h1,3,5,9,13H,2,4,6-8,10-11H2/t13-/m1/s1. The van der Waals surface area contributed by atoms with Crippen molar-refractivity contribution in [3.63, 3.8) is 0 Å². The Hall–Kier alpha value is -1.96. The minimum atomic E-state index is -4.57. The topological polar surface area (TPSA) is 55.1 Å². The SMILES string of the molecule is FC(F)(F)c1noc(CN2CCCC[C@@H]2CCc2ccccn2)n1. The summed E-state index contributed by atoms with van der Waals surface area (Å²) < 4.78 is 42.4. The molecule has 130 valence electrons. The Kier molecular flexibility index (Phi) is 5.13. The van der Waals surface area contributed by atoms with Crippen molar-refractivity contribution in [3.8, 4) is 0 Å². The number of hydrogen-bond donors (Lipinski definition) is 0. The van der Waals surface area contributed by atoms with E-state index in [1.165, 1.54) is 0 Å². The quantitative estimate of drug-likeness (QED) is 0.834. The van der Waals surface area contributed by atoms with Crippen molar-refractivity contribution in [3.05, 3.63) is 41.8 Å². The summed E-state index contributed by atoms with van der Waals surface area (Å²) in [5.74, 6) is -1.19. The highest BCUT2D eigenvalue weighted by atomic mass is 19.4. The van der Waals surface area contributed by atoms with Crippen LogP contribution in [0.1, 0.15) is 43.1 Å². The first kappa shape index (κ1) is 16.9. The van der Waals surface area contributed by atoms with Crippen LogP contribution in [0, 0.1) is 0 Å². The largest absolute Gasteiger partial charge is 0.455 e. The molecule has 0 spiro atoms. The van der Waals surface area contributed by atoms with Gasteiger partial charge in [0.15, 0.2) is 0 Å². The van der Waals surface area contributed by atoms with E-state index in [0.29, 0.717) is 6.04 Å². The normalized spacial score (nSPS) is 19.5. The molecule has 1 aliphatic heterocycles. The van der Waals surface area contributed by atoms with Crippen LogP contribution in [0.3, 0.4) is 0 Å². The number of alkyl halides is 3. The van der Waals surface area contributed by atoms with E-state index in [-0.39, 0.29) is 12.4 Å². The molecule has 0 saturated carbocycles. The number of piperidine rings is 1. The molecule has 0 unspecified atom stereocenters. The summed E-state index contributed by atoms with van der Waals surface area (Å²) in [5, 5.41) is 3.02. The van der Waals surface area contributed by atoms with Crippen LogP contribution in [0.4, 0.5) is 13.2 Å². The first-order valence-electron chi connectivity index (χ1n) is 8.06. The maximum Gasteiger partial charge on any atom is 0.455 e. The summed E-state index contributed by atoms with van der Waals surface area (Å²) in [6.07, 6.45) is 2.14. The third kappa shape index (κ3) is 4.31. The molecule has 5 nitrogen and oxygen atoms in total. The second-order valence-corrected chi connectivity index (χ2v) is 5.99. The van der Waals surface area contributed by atoms with Crippen LogP contribution in [0.15, 0.2) is 28.9 Å². The van der Waals surface area contributed by atoms with Gasteiger partial charge < -0.3 is 4.52 Å². The predicted octanol–water partition coefficient (Wildman–Crippen LogP) is 3.47. The van der Waals surface area contributed by atoms with Gasteiger partial charge in [-0.25, -0.2) is 0 Å². The number of halogens is 3. The van der Waals surface area contributed by atoms with Crippen LogP contribution in [0.5, 0.6) is 0 Å². The van der Waals surface area contributed by atoms with Crippen molar-refractivity contribution in [2.45, 2.75) is 50.9 Å². The van der Waals surface area contributed by atoms with Crippen molar-refractivity contribution in [1.82, 2.24) is 20.0 Å². The third-order valence-corrected chi connectivity index (χ3v) is 4.27. The molecule has 0 amide bonds. The summed E-state index contributed by atoms with van der Waals surface area (Å²) in [5.41, 5.74) is 1.03. The molecule has 0 aromatic carbocycles. The Balaban J connectivity index is 1.61. The van der Waals surface area contributed by atoms with Crippen molar-refractivity contribution >= 4 is 0 Å². The number of aryl methyl sites for hydroxylation is 1. The fourth-order valence-electron chi connectivity index (χ4n) is 3.06. The van der Waals surface area contributed by atoms with Crippen LogP contribution in [-0.4, -0.2) is 32.6 Å². The molecule has 0 radical (unpaired) electrons. The Morgan fingerprint density at radius 3 is 2.83 bits per heavy atom. The Morgan fingerprint density at radius 1 is 1.25 bits per heavy atom. The number of likely N-dealkylation sites (tertiary alicyclic amines) is 1. The van der Waals surface area contributed by atoms with E-state index in [4.69, 9.17) is 4.52 Å². The van der Waals surface area contributed by atoms with Gasteiger partial charge in [-0.15, -0.1) is 0 Å². The number of pyridine rings is 1. The molecule has 0 bridgehead atoms. The van der Waals surface area contributed by atoms with E-state index in [9.17, 15) is 13.2 Å². The molecule has 2 aromatic heterocycles. The van der Waals surface area contributed by atoms with Crippen LogP contribution in [-0.2, 0) is 19.1 Å². The molecule has 1 saturated heterocycles. The molecule has 0 N–H and O–H groups in total. The maximum absolute atomic E-state index is 12.6. The zero-order chi connectivity index (χ0) is 17.0. The van der Waals surface area contributed by atoms with E-state index in [0.717, 1.165) is 44.3 Å². The van der Waals surface area contributed by atoms with Gasteiger partial charge in [-0.1, -0.05) is 17.6 Å². The molecule has 2 aromatic rings. The third-order valence-electron chi connectivity index (χ3n) is 4.27. The zero-order valence-electron chi connectivity index (χ0n) is 13.2. The van der Waals surface area contributed by atoms with E-state index in [1.54, 1.807) is 6.20 Å². The Labute approximate surface area is 137 Å². The highest BCUT2D eigenvalue weighted by Gasteiger charge is 2.37. The smallest absolute Gasteiger partial charge is 0.338 e. The number of aromatic nitrogens is 3. The molecule has 0 aliphatic carbocycles. The number of nitrogens with zero attached hydrogens (tertiary/aromatic N) is 4. The lowest BCUT2D eigenvalue weighted by atomic mass is 9.97. The molecule has 1 fully saturated rings. The summed E-state index contributed by atoms with van der Waals surface area (Å²) in [4.78, 5) is 9.93. The van der Waals surface area contributed by atoms with E-state index >= 15 is 0 Å². The van der Waals surface area contributed by atoms with Gasteiger partial charge in [0.1, 0.15) is 0 Å². The molecular formula is C16H19F3N4O. The predicted molar refractivity (Wildman–Crippen MR) is 79.9 cm³/mol. The maximum atomic E-state index is 12.6. The minimum absolute atomic E-state index is 0.0204. The summed E-state index contributed by atoms with van der Waals surface area (Å²) in [6.45, 7) is 1.09. The summed E-state index contributed by atoms with van der Waals surface area (Å²) >= 11 is 0. The highest BCUT2D eigenvalue weighted by molar-refractivity contribution is 5.04. The van der Waals surface area contributed by atoms with Crippen LogP contribution in [0.2, 0.25) is 0 Å². The molecule has 8 heteroatoms. The number of rotatable bonds is 5. The van der Waals surface area contributed by atoms with E-state index in [2.05, 4.69) is 20.0 Å². The molecule has 3 heterocycles. The van der Waals surface area contributed by atoms with Crippen molar-refractivity contribution < 1.29 is 17.7 Å². The Bertz CT molecular complexity index is 644. The van der Waals surface area contributed by atoms with Gasteiger partial charge in [0, 0.05) is 17.9 Å². The first-order chi connectivity index (χ1) is 11.5. The first-order valence-corrected chi connectivity index (χ1v) is 8.06. The summed E-state index contributed by atoms with van der Waals surface area (Å²) in [6, 6.07) is 6.12. The van der Waals surface area contributed by atoms with Crippen molar-refractivity contribution in [2.75, 3.05) is 6.54 Å². The molecule has 3 rings (SSSR count). The van der Waals surface area contributed by atoms with Gasteiger partial charge in [-0.05, 0) is 44.4 Å². The van der Waals surface area contributed by atoms with Gasteiger partial charge in [0.25, 0.3) is 5.82 Å². The molecular weight excluding hydrogens is 321 g/mol. The lowest BCUT2D eigenvalue weighted by Gasteiger charge is -2.34. The monoisotopic (exact) mass is 340 g/mol. The van der Waals surface area contributed by atoms with Gasteiger partial charge >= 0.3 is 6.18 Å². The lowest BCUT2D eigenvalue weighted by Crippen LogP contribution is -2.39. The minimum Gasteiger partial charge on any atom is -0.338 e.